The van der Waals surface area contributed by atoms with E-state index in [0.717, 1.165) is 22.7 Å². The molecule has 32 heavy (non-hydrogen) atoms. The summed E-state index contributed by atoms with van der Waals surface area (Å²) in [4.78, 5) is 17.3. The molecule has 0 aliphatic rings. The Labute approximate surface area is 185 Å². The van der Waals surface area contributed by atoms with Crippen molar-refractivity contribution < 1.29 is 28.2 Å². The maximum atomic E-state index is 12.9. The number of pyridine rings is 1. The molecule has 0 saturated carbocycles. The van der Waals surface area contributed by atoms with Gasteiger partial charge in [-0.1, -0.05) is 18.2 Å². The number of aromatic nitrogens is 2. The lowest BCUT2D eigenvalue weighted by molar-refractivity contribution is -0.0513. The molecule has 1 aromatic carbocycles. The normalized spacial score (nSPS) is 12.3. The smallest absolute Gasteiger partial charge is 0.387 e. The maximum Gasteiger partial charge on any atom is 0.387 e. The summed E-state index contributed by atoms with van der Waals surface area (Å²) in [7, 11) is 0. The second kappa shape index (κ2) is 8.93. The van der Waals surface area contributed by atoms with Gasteiger partial charge in [-0.3, -0.25) is 9.20 Å². The molecule has 3 aromatic heterocycles. The number of carbonyl (C=O) groups excluding carboxylic acids is 1. The van der Waals surface area contributed by atoms with Crippen LogP contribution in [0.15, 0.2) is 54.9 Å². The predicted molar refractivity (Wildman–Crippen MR) is 115 cm³/mol. The average Bonchev–Trinajstić information content (AvgIpc) is 3.37. The van der Waals surface area contributed by atoms with Crippen molar-refractivity contribution in [2.45, 2.75) is 26.2 Å². The van der Waals surface area contributed by atoms with Crippen LogP contribution in [0.4, 0.5) is 8.78 Å². The Morgan fingerprint density at radius 2 is 2.03 bits per heavy atom. The summed E-state index contributed by atoms with van der Waals surface area (Å²) < 4.78 is 38.2. The van der Waals surface area contributed by atoms with Crippen molar-refractivity contribution in [3.63, 3.8) is 0 Å². The zero-order chi connectivity index (χ0) is 22.8. The average molecular weight is 459 g/mol. The van der Waals surface area contributed by atoms with Crippen LogP contribution in [-0.2, 0) is 6.61 Å². The van der Waals surface area contributed by atoms with Crippen LogP contribution >= 0.6 is 11.3 Å². The van der Waals surface area contributed by atoms with E-state index >= 15 is 0 Å². The molecule has 0 aliphatic carbocycles. The number of ether oxygens (including phenoxy) is 2. The van der Waals surface area contributed by atoms with E-state index in [0.29, 0.717) is 16.0 Å². The fourth-order valence-electron chi connectivity index (χ4n) is 3.34. The first-order valence-corrected chi connectivity index (χ1v) is 10.4. The molecule has 0 radical (unpaired) electrons. The number of hydrogen-bond donors (Lipinski definition) is 2. The second-order valence-electron chi connectivity index (χ2n) is 6.91. The molecule has 0 saturated heterocycles. The molecule has 10 heteroatoms. The Morgan fingerprint density at radius 3 is 2.75 bits per heavy atom. The van der Waals surface area contributed by atoms with Crippen molar-refractivity contribution in [2.75, 3.05) is 0 Å². The first kappa shape index (κ1) is 21.7. The predicted octanol–water partition coefficient (Wildman–Crippen LogP) is 4.40. The first-order chi connectivity index (χ1) is 15.4. The number of nitrogens with zero attached hydrogens (tertiary/aromatic N) is 2. The molecule has 0 aliphatic heterocycles. The molecule has 166 valence electrons. The lowest BCUT2D eigenvalue weighted by atomic mass is 10.1. The van der Waals surface area contributed by atoms with Crippen LogP contribution < -0.4 is 15.2 Å². The summed E-state index contributed by atoms with van der Waals surface area (Å²) in [6, 6.07) is 11.7. The zero-order valence-corrected chi connectivity index (χ0v) is 17.7. The van der Waals surface area contributed by atoms with Gasteiger partial charge in [-0.25, -0.2) is 4.98 Å². The van der Waals surface area contributed by atoms with Crippen molar-refractivity contribution in [1.29, 1.82) is 0 Å². The molecule has 1 amide bonds. The van der Waals surface area contributed by atoms with E-state index in [1.54, 1.807) is 25.3 Å². The first-order valence-electron chi connectivity index (χ1n) is 9.58. The summed E-state index contributed by atoms with van der Waals surface area (Å²) in [5.41, 5.74) is 7.80. The summed E-state index contributed by atoms with van der Waals surface area (Å²) in [6.45, 7) is -1.73. The Kier molecular flexibility index (Phi) is 6.06. The molecule has 3 N–H and O–H groups in total. The summed E-state index contributed by atoms with van der Waals surface area (Å²) in [6.07, 6.45) is 2.78. The van der Waals surface area contributed by atoms with E-state index in [1.807, 2.05) is 28.8 Å². The number of primary amides is 1. The highest BCUT2D eigenvalue weighted by Gasteiger charge is 2.23. The molecule has 7 nitrogen and oxygen atoms in total. The van der Waals surface area contributed by atoms with E-state index in [-0.39, 0.29) is 23.0 Å². The van der Waals surface area contributed by atoms with Crippen LogP contribution in [0.1, 0.15) is 33.8 Å². The number of aliphatic hydroxyl groups is 1. The standard InChI is InChI=1S/C22H19F2N3O4S/c1-12(14-6-5-13(11-28)8-16(14)31-22(23)24)30-17-9-18(32-20(17)21(25)29)15-10-26-19-4-2-3-7-27(15)19/h2-10,12,22,28H,11H2,1H3,(H2,25,29). The summed E-state index contributed by atoms with van der Waals surface area (Å²) in [5, 5.41) is 9.30. The van der Waals surface area contributed by atoms with Crippen molar-refractivity contribution in [3.05, 3.63) is 70.9 Å². The third-order valence-electron chi connectivity index (χ3n) is 4.81. The number of rotatable bonds is 8. The number of imidazole rings is 1. The topological polar surface area (TPSA) is 99.1 Å². The molecule has 3 heterocycles. The largest absolute Gasteiger partial charge is 0.484 e. The number of benzene rings is 1. The minimum Gasteiger partial charge on any atom is -0.484 e. The number of carbonyl (C=O) groups is 1. The number of nitrogens with two attached hydrogens (primary N) is 1. The van der Waals surface area contributed by atoms with Crippen molar-refractivity contribution in [2.24, 2.45) is 5.73 Å². The highest BCUT2D eigenvalue weighted by Crippen LogP contribution is 2.39. The Hall–Kier alpha value is -3.50. The molecule has 0 fully saturated rings. The van der Waals surface area contributed by atoms with Crippen molar-refractivity contribution in [3.8, 4) is 22.1 Å². The van der Waals surface area contributed by atoms with Gasteiger partial charge in [0.2, 0.25) is 0 Å². The third kappa shape index (κ3) is 4.27. The molecule has 0 spiro atoms. The van der Waals surface area contributed by atoms with Gasteiger partial charge in [0.25, 0.3) is 5.91 Å². The van der Waals surface area contributed by atoms with Gasteiger partial charge in [0.05, 0.1) is 23.4 Å². The van der Waals surface area contributed by atoms with E-state index in [4.69, 9.17) is 10.5 Å². The number of alkyl halides is 2. The minimum atomic E-state index is -3.04. The van der Waals surface area contributed by atoms with Crippen LogP contribution in [0.3, 0.4) is 0 Å². The Morgan fingerprint density at radius 1 is 1.22 bits per heavy atom. The second-order valence-corrected chi connectivity index (χ2v) is 7.96. The Balaban J connectivity index is 1.69. The molecule has 4 rings (SSSR count). The fourth-order valence-corrected chi connectivity index (χ4v) is 4.29. The maximum absolute atomic E-state index is 12.9. The van der Waals surface area contributed by atoms with Crippen molar-refractivity contribution in [1.82, 2.24) is 9.38 Å². The van der Waals surface area contributed by atoms with Gasteiger partial charge in [-0.15, -0.1) is 11.3 Å². The van der Waals surface area contributed by atoms with Gasteiger partial charge in [0.15, 0.2) is 0 Å². The number of thiophene rings is 1. The van der Waals surface area contributed by atoms with E-state index in [2.05, 4.69) is 9.72 Å². The summed E-state index contributed by atoms with van der Waals surface area (Å²) in [5.74, 6) is -0.557. The number of fused-ring (bicyclic) bond motifs is 1. The Bertz CT molecular complexity index is 1270. The third-order valence-corrected chi connectivity index (χ3v) is 5.96. The molecular weight excluding hydrogens is 440 g/mol. The van der Waals surface area contributed by atoms with Gasteiger partial charge in [-0.2, -0.15) is 8.78 Å². The van der Waals surface area contributed by atoms with Gasteiger partial charge in [0.1, 0.15) is 28.1 Å². The zero-order valence-electron chi connectivity index (χ0n) is 16.9. The van der Waals surface area contributed by atoms with Crippen molar-refractivity contribution >= 4 is 22.9 Å². The van der Waals surface area contributed by atoms with Gasteiger partial charge < -0.3 is 20.3 Å². The fraction of sp³-hybridized carbons (Fsp3) is 0.182. The number of aliphatic hydroxyl groups excluding tert-OH is 1. The van der Waals surface area contributed by atoms with Crippen LogP contribution in [0.25, 0.3) is 16.2 Å². The summed E-state index contributed by atoms with van der Waals surface area (Å²) >= 11 is 1.15. The van der Waals surface area contributed by atoms with Gasteiger partial charge in [0, 0.05) is 17.8 Å². The van der Waals surface area contributed by atoms with Gasteiger partial charge in [-0.05, 0) is 30.7 Å². The van der Waals surface area contributed by atoms with Crippen LogP contribution in [-0.4, -0.2) is 27.0 Å². The quantitative estimate of drug-likeness (QED) is 0.407. The molecule has 1 atom stereocenters. The highest BCUT2D eigenvalue weighted by atomic mass is 32.1. The molecule has 4 aromatic rings. The van der Waals surface area contributed by atoms with Crippen LogP contribution in [0.2, 0.25) is 0 Å². The monoisotopic (exact) mass is 459 g/mol. The van der Waals surface area contributed by atoms with Gasteiger partial charge >= 0.3 is 6.61 Å². The highest BCUT2D eigenvalue weighted by molar-refractivity contribution is 7.17. The number of halogens is 2. The van der Waals surface area contributed by atoms with Crippen LogP contribution in [0.5, 0.6) is 11.5 Å². The van der Waals surface area contributed by atoms with E-state index < -0.39 is 18.6 Å². The molecule has 1 unspecified atom stereocenters. The van der Waals surface area contributed by atoms with E-state index in [9.17, 15) is 18.7 Å². The lowest BCUT2D eigenvalue weighted by Crippen LogP contribution is -2.13. The molecule has 0 bridgehead atoms. The molecular formula is C22H19F2N3O4S. The minimum absolute atomic E-state index is 0.114. The number of hydrogen-bond acceptors (Lipinski definition) is 6. The lowest BCUT2D eigenvalue weighted by Gasteiger charge is -2.19. The number of amides is 1. The van der Waals surface area contributed by atoms with E-state index in [1.165, 1.54) is 12.1 Å². The SMILES string of the molecule is CC(Oc1cc(-c2cnc3ccccn23)sc1C(N)=O)c1ccc(CO)cc1OC(F)F. The van der Waals surface area contributed by atoms with Crippen LogP contribution in [0, 0.1) is 0 Å².